The van der Waals surface area contributed by atoms with E-state index in [-0.39, 0.29) is 5.92 Å². The first kappa shape index (κ1) is 14.0. The molecule has 1 saturated heterocycles. The van der Waals surface area contributed by atoms with Gasteiger partial charge >= 0.3 is 11.9 Å². The molecular weight excluding hydrogens is 224 g/mol. The van der Waals surface area contributed by atoms with E-state index in [1.807, 2.05) is 13.8 Å². The molecule has 1 fully saturated rings. The van der Waals surface area contributed by atoms with Crippen LogP contribution in [0.1, 0.15) is 26.7 Å². The lowest BCUT2D eigenvalue weighted by Gasteiger charge is -2.31. The Labute approximate surface area is 101 Å². The smallest absolute Gasteiger partial charge is 0.326 e. The Balaban J connectivity index is 3.24. The Hall–Kier alpha value is -1.10. The normalized spacial score (nSPS) is 26.6. The maximum absolute atomic E-state index is 12.1. The summed E-state index contributed by atoms with van der Waals surface area (Å²) in [6.45, 7) is 4.19. The molecule has 0 aromatic rings. The van der Waals surface area contributed by atoms with Crippen LogP contribution in [0, 0.1) is 11.3 Å². The van der Waals surface area contributed by atoms with E-state index < -0.39 is 23.5 Å². The van der Waals surface area contributed by atoms with E-state index in [2.05, 4.69) is 0 Å². The van der Waals surface area contributed by atoms with Crippen LogP contribution < -0.4 is 0 Å². The molecule has 0 radical (unpaired) electrons. The summed E-state index contributed by atoms with van der Waals surface area (Å²) in [4.78, 5) is 24.1. The SMILES string of the molecule is CC[C@@H]1CO[C@@H](CC)C1(C(=O)OC)C(=O)OC. The van der Waals surface area contributed by atoms with Crippen LogP contribution in [-0.4, -0.2) is 38.9 Å². The Kier molecular flexibility index (Phi) is 4.51. The van der Waals surface area contributed by atoms with Gasteiger partial charge in [0, 0.05) is 5.92 Å². The highest BCUT2D eigenvalue weighted by molar-refractivity contribution is 6.01. The highest BCUT2D eigenvalue weighted by atomic mass is 16.6. The second-order valence-corrected chi connectivity index (χ2v) is 4.19. The van der Waals surface area contributed by atoms with E-state index in [0.717, 1.165) is 0 Å². The molecule has 2 atom stereocenters. The van der Waals surface area contributed by atoms with Gasteiger partial charge in [0.05, 0.1) is 26.9 Å². The van der Waals surface area contributed by atoms with Gasteiger partial charge in [-0.1, -0.05) is 13.8 Å². The zero-order chi connectivity index (χ0) is 13.1. The number of hydrogen-bond acceptors (Lipinski definition) is 5. The van der Waals surface area contributed by atoms with Gasteiger partial charge in [-0.3, -0.25) is 9.59 Å². The first-order valence-electron chi connectivity index (χ1n) is 5.87. The Morgan fingerprint density at radius 3 is 2.06 bits per heavy atom. The van der Waals surface area contributed by atoms with Gasteiger partial charge in [-0.15, -0.1) is 0 Å². The Morgan fingerprint density at radius 2 is 1.71 bits per heavy atom. The van der Waals surface area contributed by atoms with Gasteiger partial charge in [0.2, 0.25) is 0 Å². The summed E-state index contributed by atoms with van der Waals surface area (Å²) < 4.78 is 15.2. The van der Waals surface area contributed by atoms with E-state index in [0.29, 0.717) is 19.4 Å². The van der Waals surface area contributed by atoms with Crippen molar-refractivity contribution in [1.29, 1.82) is 0 Å². The molecule has 1 heterocycles. The number of hydrogen-bond donors (Lipinski definition) is 0. The largest absolute Gasteiger partial charge is 0.468 e. The van der Waals surface area contributed by atoms with E-state index in [4.69, 9.17) is 14.2 Å². The Morgan fingerprint density at radius 1 is 1.18 bits per heavy atom. The van der Waals surface area contributed by atoms with Crippen LogP contribution in [0.4, 0.5) is 0 Å². The van der Waals surface area contributed by atoms with Crippen molar-refractivity contribution in [3.05, 3.63) is 0 Å². The number of esters is 2. The maximum Gasteiger partial charge on any atom is 0.326 e. The third kappa shape index (κ3) is 1.92. The number of rotatable bonds is 4. The summed E-state index contributed by atoms with van der Waals surface area (Å²) in [6, 6.07) is 0. The lowest BCUT2D eigenvalue weighted by atomic mass is 9.71. The first-order chi connectivity index (χ1) is 8.09. The number of methoxy groups -OCH3 is 2. The second-order valence-electron chi connectivity index (χ2n) is 4.19. The minimum atomic E-state index is -1.30. The van der Waals surface area contributed by atoms with Crippen LogP contribution in [0.5, 0.6) is 0 Å². The van der Waals surface area contributed by atoms with Crippen LogP contribution in [0.25, 0.3) is 0 Å². The van der Waals surface area contributed by atoms with Crippen LogP contribution >= 0.6 is 0 Å². The van der Waals surface area contributed by atoms with Gasteiger partial charge < -0.3 is 14.2 Å². The topological polar surface area (TPSA) is 61.8 Å². The second kappa shape index (κ2) is 5.49. The standard InChI is InChI=1S/C12H20O5/c1-5-8-7-17-9(6-2)12(8,10(13)15-3)11(14)16-4/h8-9H,5-7H2,1-4H3/t8-,9+/m1/s1. The number of ether oxygens (including phenoxy) is 3. The third-order valence-electron chi connectivity index (χ3n) is 3.56. The zero-order valence-corrected chi connectivity index (χ0v) is 10.8. The van der Waals surface area contributed by atoms with Crippen LogP contribution in [-0.2, 0) is 23.8 Å². The summed E-state index contributed by atoms with van der Waals surface area (Å²) in [7, 11) is 2.57. The fourth-order valence-electron chi connectivity index (χ4n) is 2.66. The molecule has 1 rings (SSSR count). The monoisotopic (exact) mass is 244 g/mol. The molecule has 0 aromatic carbocycles. The van der Waals surface area contributed by atoms with Crippen LogP contribution in [0.2, 0.25) is 0 Å². The molecule has 1 aliphatic rings. The molecule has 5 nitrogen and oxygen atoms in total. The fourth-order valence-corrected chi connectivity index (χ4v) is 2.66. The van der Waals surface area contributed by atoms with Crippen LogP contribution in [0.3, 0.4) is 0 Å². The molecule has 0 bridgehead atoms. The molecular formula is C12H20O5. The van der Waals surface area contributed by atoms with Crippen molar-refractivity contribution in [3.8, 4) is 0 Å². The third-order valence-corrected chi connectivity index (χ3v) is 3.56. The van der Waals surface area contributed by atoms with Crippen molar-refractivity contribution in [2.24, 2.45) is 11.3 Å². The van der Waals surface area contributed by atoms with Crippen molar-refractivity contribution >= 4 is 11.9 Å². The molecule has 1 aliphatic heterocycles. The summed E-state index contributed by atoms with van der Waals surface area (Å²) in [5.74, 6) is -1.30. The van der Waals surface area contributed by atoms with Gasteiger partial charge in [-0.2, -0.15) is 0 Å². The van der Waals surface area contributed by atoms with E-state index in [1.165, 1.54) is 14.2 Å². The number of carbonyl (C=O) groups is 2. The highest BCUT2D eigenvalue weighted by Gasteiger charge is 2.63. The summed E-state index contributed by atoms with van der Waals surface area (Å²) in [6.07, 6.45) is 0.772. The quantitative estimate of drug-likeness (QED) is 0.548. The molecule has 5 heteroatoms. The minimum absolute atomic E-state index is 0.188. The van der Waals surface area contributed by atoms with E-state index >= 15 is 0 Å². The van der Waals surface area contributed by atoms with Gasteiger partial charge in [0.1, 0.15) is 0 Å². The van der Waals surface area contributed by atoms with Crippen molar-refractivity contribution in [1.82, 2.24) is 0 Å². The van der Waals surface area contributed by atoms with E-state index in [1.54, 1.807) is 0 Å². The molecule has 0 amide bonds. The average Bonchev–Trinajstić information content (AvgIpc) is 2.75. The van der Waals surface area contributed by atoms with Crippen LogP contribution in [0.15, 0.2) is 0 Å². The summed E-state index contributed by atoms with van der Waals surface area (Å²) >= 11 is 0. The molecule has 17 heavy (non-hydrogen) atoms. The van der Waals surface area contributed by atoms with Crippen molar-refractivity contribution in [2.75, 3.05) is 20.8 Å². The lowest BCUT2D eigenvalue weighted by molar-refractivity contribution is -0.176. The summed E-state index contributed by atoms with van der Waals surface area (Å²) in [5, 5.41) is 0. The van der Waals surface area contributed by atoms with Gasteiger partial charge in [-0.05, 0) is 12.8 Å². The lowest BCUT2D eigenvalue weighted by Crippen LogP contribution is -2.51. The molecule has 0 unspecified atom stereocenters. The average molecular weight is 244 g/mol. The minimum Gasteiger partial charge on any atom is -0.468 e. The van der Waals surface area contributed by atoms with Crippen molar-refractivity contribution in [2.45, 2.75) is 32.8 Å². The van der Waals surface area contributed by atoms with Gasteiger partial charge in [0.15, 0.2) is 5.41 Å². The zero-order valence-electron chi connectivity index (χ0n) is 10.8. The molecule has 0 aromatic heterocycles. The predicted octanol–water partition coefficient (Wildman–Crippen LogP) is 1.15. The highest BCUT2D eigenvalue weighted by Crippen LogP contribution is 2.45. The number of carbonyl (C=O) groups excluding carboxylic acids is 2. The van der Waals surface area contributed by atoms with Crippen molar-refractivity contribution < 1.29 is 23.8 Å². The molecule has 0 N–H and O–H groups in total. The maximum atomic E-state index is 12.1. The fraction of sp³-hybridized carbons (Fsp3) is 0.833. The van der Waals surface area contributed by atoms with Gasteiger partial charge in [-0.25, -0.2) is 0 Å². The predicted molar refractivity (Wildman–Crippen MR) is 60.3 cm³/mol. The molecule has 0 aliphatic carbocycles. The Bertz CT molecular complexity index is 269. The van der Waals surface area contributed by atoms with E-state index in [9.17, 15) is 9.59 Å². The van der Waals surface area contributed by atoms with Crippen molar-refractivity contribution in [3.63, 3.8) is 0 Å². The molecule has 0 spiro atoms. The summed E-state index contributed by atoms with van der Waals surface area (Å²) in [5.41, 5.74) is -1.30. The first-order valence-corrected chi connectivity index (χ1v) is 5.87. The van der Waals surface area contributed by atoms with Gasteiger partial charge in [0.25, 0.3) is 0 Å². The molecule has 0 saturated carbocycles. The molecule has 98 valence electrons.